The monoisotopic (exact) mass is 315 g/mol. The van der Waals surface area contributed by atoms with Crippen molar-refractivity contribution in [1.29, 1.82) is 0 Å². The fraction of sp³-hybridized carbons (Fsp3) is 0.231. The summed E-state index contributed by atoms with van der Waals surface area (Å²) in [6.45, 7) is 1.96. The summed E-state index contributed by atoms with van der Waals surface area (Å²) in [5, 5.41) is 5.00. The molecule has 2 aromatic rings. The molecule has 0 fully saturated rings. The average molecular weight is 315 g/mol. The minimum atomic E-state index is -4.52. The Labute approximate surface area is 122 Å². The van der Waals surface area contributed by atoms with E-state index in [0.29, 0.717) is 5.01 Å². The Bertz CT molecular complexity index is 667. The largest absolute Gasteiger partial charge is 0.416 e. The predicted octanol–water partition coefficient (Wildman–Crippen LogP) is 2.98. The first-order chi connectivity index (χ1) is 9.77. The third-order valence-corrected chi connectivity index (χ3v) is 3.66. The molecule has 0 saturated heterocycles. The van der Waals surface area contributed by atoms with Crippen molar-refractivity contribution < 1.29 is 18.0 Å². The zero-order valence-electron chi connectivity index (χ0n) is 11.0. The van der Waals surface area contributed by atoms with Gasteiger partial charge in [0.25, 0.3) is 5.91 Å². The Kier molecular flexibility index (Phi) is 4.17. The van der Waals surface area contributed by atoms with E-state index >= 15 is 0 Å². The summed E-state index contributed by atoms with van der Waals surface area (Å²) in [7, 11) is 0. The fourth-order valence-corrected chi connectivity index (χ4v) is 2.38. The predicted molar refractivity (Wildman–Crippen MR) is 73.9 cm³/mol. The highest BCUT2D eigenvalue weighted by atomic mass is 32.1. The number of nitrogens with one attached hydrogen (secondary N) is 1. The van der Waals surface area contributed by atoms with Crippen molar-refractivity contribution in [3.05, 3.63) is 45.4 Å². The van der Waals surface area contributed by atoms with Crippen molar-refractivity contribution >= 4 is 22.9 Å². The number of aromatic nitrogens is 1. The molecular formula is C13H12F3N3OS. The van der Waals surface area contributed by atoms with E-state index in [4.69, 9.17) is 5.73 Å². The smallest absolute Gasteiger partial charge is 0.398 e. The lowest BCUT2D eigenvalue weighted by Gasteiger charge is -2.11. The van der Waals surface area contributed by atoms with Crippen molar-refractivity contribution in [1.82, 2.24) is 10.3 Å². The molecule has 0 aliphatic heterocycles. The number of hydrogen-bond donors (Lipinski definition) is 2. The van der Waals surface area contributed by atoms with Crippen LogP contribution in [0.1, 0.15) is 26.6 Å². The highest BCUT2D eigenvalue weighted by Crippen LogP contribution is 2.31. The average Bonchev–Trinajstić information content (AvgIpc) is 2.81. The SMILES string of the molecule is Cc1csc(CNC(=O)c2cc(C(F)(F)F)ccc2N)n1. The Hall–Kier alpha value is -2.09. The summed E-state index contributed by atoms with van der Waals surface area (Å²) >= 11 is 1.36. The fourth-order valence-electron chi connectivity index (χ4n) is 1.66. The maximum Gasteiger partial charge on any atom is 0.416 e. The van der Waals surface area contributed by atoms with E-state index in [-0.39, 0.29) is 17.8 Å². The van der Waals surface area contributed by atoms with Gasteiger partial charge in [-0.15, -0.1) is 11.3 Å². The Morgan fingerprint density at radius 2 is 2.14 bits per heavy atom. The highest BCUT2D eigenvalue weighted by Gasteiger charge is 2.31. The van der Waals surface area contributed by atoms with Crippen molar-refractivity contribution in [3.8, 4) is 0 Å². The van der Waals surface area contributed by atoms with E-state index in [2.05, 4.69) is 10.3 Å². The van der Waals surface area contributed by atoms with E-state index in [1.54, 1.807) is 0 Å². The molecule has 8 heteroatoms. The molecule has 2 rings (SSSR count). The second-order valence-electron chi connectivity index (χ2n) is 4.37. The van der Waals surface area contributed by atoms with Gasteiger partial charge in [-0.25, -0.2) is 4.98 Å². The van der Waals surface area contributed by atoms with Crippen molar-refractivity contribution in [3.63, 3.8) is 0 Å². The van der Waals surface area contributed by atoms with Crippen LogP contribution >= 0.6 is 11.3 Å². The molecule has 0 radical (unpaired) electrons. The minimum Gasteiger partial charge on any atom is -0.398 e. The summed E-state index contributed by atoms with van der Waals surface area (Å²) in [6, 6.07) is 2.67. The number of benzene rings is 1. The maximum absolute atomic E-state index is 12.6. The van der Waals surface area contributed by atoms with Crippen LogP contribution in [-0.4, -0.2) is 10.9 Å². The molecule has 1 aromatic carbocycles. The molecule has 1 aromatic heterocycles. The second kappa shape index (κ2) is 5.72. The number of halogens is 3. The number of carbonyl (C=O) groups is 1. The molecule has 112 valence electrons. The van der Waals surface area contributed by atoms with Crippen LogP contribution in [0, 0.1) is 6.92 Å². The lowest BCUT2D eigenvalue weighted by molar-refractivity contribution is -0.137. The summed E-state index contributed by atoms with van der Waals surface area (Å²) in [4.78, 5) is 16.1. The number of hydrogen-bond acceptors (Lipinski definition) is 4. The van der Waals surface area contributed by atoms with E-state index in [9.17, 15) is 18.0 Å². The van der Waals surface area contributed by atoms with Crippen molar-refractivity contribution in [2.45, 2.75) is 19.6 Å². The molecule has 0 saturated carbocycles. The van der Waals surface area contributed by atoms with Crippen LogP contribution in [0.4, 0.5) is 18.9 Å². The summed E-state index contributed by atoms with van der Waals surface area (Å²) in [5.41, 5.74) is 5.28. The maximum atomic E-state index is 12.6. The van der Waals surface area contributed by atoms with Crippen LogP contribution in [0.25, 0.3) is 0 Å². The zero-order chi connectivity index (χ0) is 15.6. The highest BCUT2D eigenvalue weighted by molar-refractivity contribution is 7.09. The number of thiazole rings is 1. The minimum absolute atomic E-state index is 0.00387. The molecule has 0 unspecified atom stereocenters. The van der Waals surface area contributed by atoms with Gasteiger partial charge in [0.15, 0.2) is 0 Å². The number of nitrogens with zero attached hydrogens (tertiary/aromatic N) is 1. The molecular weight excluding hydrogens is 303 g/mol. The van der Waals surface area contributed by atoms with Gasteiger partial charge in [-0.3, -0.25) is 4.79 Å². The number of amides is 1. The Balaban J connectivity index is 2.15. The Morgan fingerprint density at radius 1 is 1.43 bits per heavy atom. The van der Waals surface area contributed by atoms with Gasteiger partial charge >= 0.3 is 6.18 Å². The quantitative estimate of drug-likeness (QED) is 0.856. The number of alkyl halides is 3. The van der Waals surface area contributed by atoms with Crippen LogP contribution < -0.4 is 11.1 Å². The number of nitrogen functional groups attached to an aromatic ring is 1. The van der Waals surface area contributed by atoms with Gasteiger partial charge in [0.2, 0.25) is 0 Å². The molecule has 0 atom stereocenters. The van der Waals surface area contributed by atoms with Gasteiger partial charge in [0.1, 0.15) is 5.01 Å². The standard InChI is InChI=1S/C13H12F3N3OS/c1-7-6-21-11(19-7)5-18-12(20)9-4-8(13(14,15)16)2-3-10(9)17/h2-4,6H,5,17H2,1H3,(H,18,20). The molecule has 0 spiro atoms. The van der Waals surface area contributed by atoms with Crippen LogP contribution in [0.3, 0.4) is 0 Å². The molecule has 4 nitrogen and oxygen atoms in total. The number of carbonyl (C=O) groups excluding carboxylic acids is 1. The number of aryl methyl sites for hydroxylation is 1. The van der Waals surface area contributed by atoms with Gasteiger partial charge in [0, 0.05) is 16.8 Å². The lowest BCUT2D eigenvalue weighted by Crippen LogP contribution is -2.24. The van der Waals surface area contributed by atoms with E-state index in [1.807, 2.05) is 12.3 Å². The molecule has 3 N–H and O–H groups in total. The Morgan fingerprint density at radius 3 is 2.71 bits per heavy atom. The van der Waals surface area contributed by atoms with Crippen LogP contribution in [-0.2, 0) is 12.7 Å². The van der Waals surface area contributed by atoms with Crippen molar-refractivity contribution in [2.24, 2.45) is 0 Å². The molecule has 1 heterocycles. The second-order valence-corrected chi connectivity index (χ2v) is 5.31. The molecule has 0 aliphatic rings. The topological polar surface area (TPSA) is 68.0 Å². The number of rotatable bonds is 3. The molecule has 0 aliphatic carbocycles. The molecule has 1 amide bonds. The third-order valence-electron chi connectivity index (χ3n) is 2.69. The van der Waals surface area contributed by atoms with E-state index < -0.39 is 17.6 Å². The first-order valence-electron chi connectivity index (χ1n) is 5.93. The van der Waals surface area contributed by atoms with E-state index in [1.165, 1.54) is 11.3 Å². The number of anilines is 1. The van der Waals surface area contributed by atoms with Gasteiger partial charge in [0.05, 0.1) is 17.7 Å². The van der Waals surface area contributed by atoms with Crippen LogP contribution in [0.2, 0.25) is 0 Å². The summed E-state index contributed by atoms with van der Waals surface area (Å²) in [5.74, 6) is -0.661. The first-order valence-corrected chi connectivity index (χ1v) is 6.81. The first kappa shape index (κ1) is 15.3. The van der Waals surface area contributed by atoms with Crippen molar-refractivity contribution in [2.75, 3.05) is 5.73 Å². The van der Waals surface area contributed by atoms with Gasteiger partial charge < -0.3 is 11.1 Å². The summed E-state index contributed by atoms with van der Waals surface area (Å²) in [6.07, 6.45) is -4.52. The van der Waals surface area contributed by atoms with Crippen LogP contribution in [0.15, 0.2) is 23.6 Å². The van der Waals surface area contributed by atoms with Gasteiger partial charge in [-0.05, 0) is 25.1 Å². The zero-order valence-corrected chi connectivity index (χ0v) is 11.8. The van der Waals surface area contributed by atoms with Gasteiger partial charge in [-0.1, -0.05) is 0 Å². The third kappa shape index (κ3) is 3.72. The van der Waals surface area contributed by atoms with Crippen LogP contribution in [0.5, 0.6) is 0 Å². The number of nitrogens with two attached hydrogens (primary N) is 1. The molecule has 21 heavy (non-hydrogen) atoms. The molecule has 0 bridgehead atoms. The summed E-state index contributed by atoms with van der Waals surface area (Å²) < 4.78 is 37.9. The van der Waals surface area contributed by atoms with E-state index in [0.717, 1.165) is 23.9 Å². The van der Waals surface area contributed by atoms with Gasteiger partial charge in [-0.2, -0.15) is 13.2 Å². The lowest BCUT2D eigenvalue weighted by atomic mass is 10.1. The normalized spacial score (nSPS) is 11.4.